The van der Waals surface area contributed by atoms with Crippen molar-refractivity contribution in [2.45, 2.75) is 13.8 Å². The summed E-state index contributed by atoms with van der Waals surface area (Å²) in [5, 5.41) is 3.02. The van der Waals surface area contributed by atoms with Gasteiger partial charge in [0, 0.05) is 50.6 Å². The fourth-order valence-electron chi connectivity index (χ4n) is 2.87. The van der Waals surface area contributed by atoms with Crippen LogP contribution in [0, 0.1) is 0 Å². The molecule has 2 aromatic rings. The number of amides is 2. The molecule has 1 fully saturated rings. The van der Waals surface area contributed by atoms with E-state index < -0.39 is 0 Å². The molecule has 8 heteroatoms. The topological polar surface area (TPSA) is 95.5 Å². The Balaban J connectivity index is 1.70. The van der Waals surface area contributed by atoms with Crippen molar-refractivity contribution in [3.8, 4) is 0 Å². The van der Waals surface area contributed by atoms with Crippen LogP contribution in [0.5, 0.6) is 0 Å². The third kappa shape index (κ3) is 4.46. The Kier molecular flexibility index (Phi) is 5.44. The van der Waals surface area contributed by atoms with Crippen LogP contribution in [-0.4, -0.2) is 63.5 Å². The first-order valence-electron chi connectivity index (χ1n) is 8.70. The summed E-state index contributed by atoms with van der Waals surface area (Å²) in [6.45, 7) is 5.03. The first-order valence-corrected chi connectivity index (χ1v) is 8.70. The molecule has 0 unspecified atom stereocenters. The fraction of sp³-hybridized carbons (Fsp3) is 0.316. The molecule has 1 N–H and O–H groups in total. The van der Waals surface area contributed by atoms with E-state index in [2.05, 4.69) is 15.3 Å². The zero-order valence-corrected chi connectivity index (χ0v) is 15.3. The van der Waals surface area contributed by atoms with Crippen LogP contribution in [0.4, 0.5) is 11.6 Å². The predicted molar refractivity (Wildman–Crippen MR) is 99.9 cm³/mol. The van der Waals surface area contributed by atoms with Gasteiger partial charge in [-0.3, -0.25) is 14.4 Å². The van der Waals surface area contributed by atoms with Crippen molar-refractivity contribution in [3.05, 3.63) is 47.8 Å². The number of hydrogen-bond acceptors (Lipinski definition) is 6. The number of carbonyl (C=O) groups is 3. The van der Waals surface area contributed by atoms with Crippen molar-refractivity contribution < 1.29 is 14.4 Å². The highest BCUT2D eigenvalue weighted by Gasteiger charge is 2.24. The minimum atomic E-state index is -0.193. The van der Waals surface area contributed by atoms with Gasteiger partial charge in [0.25, 0.3) is 5.91 Å². The summed E-state index contributed by atoms with van der Waals surface area (Å²) in [5.41, 5.74) is 1.53. The highest BCUT2D eigenvalue weighted by atomic mass is 16.2. The van der Waals surface area contributed by atoms with Crippen molar-refractivity contribution >= 4 is 29.2 Å². The van der Waals surface area contributed by atoms with Crippen LogP contribution in [0.1, 0.15) is 34.7 Å². The van der Waals surface area contributed by atoms with Gasteiger partial charge in [0.05, 0.1) is 0 Å². The number of piperazine rings is 1. The minimum absolute atomic E-state index is 0.0170. The molecule has 1 aliphatic rings. The Morgan fingerprint density at radius 1 is 1.00 bits per heavy atom. The van der Waals surface area contributed by atoms with E-state index >= 15 is 0 Å². The summed E-state index contributed by atoms with van der Waals surface area (Å²) in [6, 6.07) is 8.57. The van der Waals surface area contributed by atoms with Gasteiger partial charge in [-0.05, 0) is 25.1 Å². The number of nitrogens with zero attached hydrogens (tertiary/aromatic N) is 4. The van der Waals surface area contributed by atoms with E-state index in [0.717, 1.165) is 0 Å². The van der Waals surface area contributed by atoms with Crippen molar-refractivity contribution in [3.63, 3.8) is 0 Å². The van der Waals surface area contributed by atoms with Crippen molar-refractivity contribution in [2.24, 2.45) is 0 Å². The zero-order chi connectivity index (χ0) is 19.4. The number of benzene rings is 1. The van der Waals surface area contributed by atoms with Crippen LogP contribution in [0.3, 0.4) is 0 Å². The number of nitrogens with one attached hydrogen (secondary N) is 1. The van der Waals surface area contributed by atoms with E-state index in [0.29, 0.717) is 37.4 Å². The molecule has 2 heterocycles. The molecule has 2 amide bonds. The van der Waals surface area contributed by atoms with Crippen LogP contribution < -0.4 is 5.32 Å². The van der Waals surface area contributed by atoms with Crippen molar-refractivity contribution in [1.29, 1.82) is 0 Å². The van der Waals surface area contributed by atoms with E-state index in [9.17, 15) is 14.4 Å². The molecule has 3 rings (SSSR count). The summed E-state index contributed by atoms with van der Waals surface area (Å²) in [5.74, 6) is 0.0710. The summed E-state index contributed by atoms with van der Waals surface area (Å²) >= 11 is 0. The lowest BCUT2D eigenvalue weighted by molar-refractivity contribution is -0.130. The van der Waals surface area contributed by atoms with Gasteiger partial charge in [0.2, 0.25) is 11.9 Å². The number of hydrogen-bond donors (Lipinski definition) is 1. The van der Waals surface area contributed by atoms with E-state index in [1.807, 2.05) is 0 Å². The van der Waals surface area contributed by atoms with Crippen molar-refractivity contribution in [1.82, 2.24) is 19.8 Å². The van der Waals surface area contributed by atoms with E-state index in [1.165, 1.54) is 20.0 Å². The Morgan fingerprint density at radius 3 is 2.37 bits per heavy atom. The molecule has 140 valence electrons. The first-order chi connectivity index (χ1) is 12.9. The van der Waals surface area contributed by atoms with Gasteiger partial charge >= 0.3 is 0 Å². The first kappa shape index (κ1) is 18.5. The summed E-state index contributed by atoms with van der Waals surface area (Å²) in [6.07, 6.45) is 1.52. The van der Waals surface area contributed by atoms with Crippen molar-refractivity contribution in [2.75, 3.05) is 31.5 Å². The molecule has 0 aliphatic carbocycles. The summed E-state index contributed by atoms with van der Waals surface area (Å²) in [7, 11) is 0. The lowest BCUT2D eigenvalue weighted by atomic mass is 10.1. The number of aromatic nitrogens is 2. The smallest absolute Gasteiger partial charge is 0.272 e. The molecule has 1 aromatic carbocycles. The van der Waals surface area contributed by atoms with Crippen LogP contribution in [0.25, 0.3) is 0 Å². The molecule has 0 saturated carbocycles. The van der Waals surface area contributed by atoms with Crippen LogP contribution >= 0.6 is 0 Å². The fourth-order valence-corrected chi connectivity index (χ4v) is 2.87. The minimum Gasteiger partial charge on any atom is -0.339 e. The molecule has 1 saturated heterocycles. The van der Waals surface area contributed by atoms with Gasteiger partial charge in [0.15, 0.2) is 5.78 Å². The number of carbonyl (C=O) groups excluding carboxylic acids is 3. The zero-order valence-electron chi connectivity index (χ0n) is 15.3. The SMILES string of the molecule is CC(=O)c1cccc(Nc2nccc(C(=O)N3CCN(C(C)=O)CC3)n2)c1. The maximum atomic E-state index is 12.7. The Bertz CT molecular complexity index is 875. The predicted octanol–water partition coefficient (Wildman–Crippen LogP) is 1.73. The normalized spacial score (nSPS) is 14.0. The lowest BCUT2D eigenvalue weighted by Crippen LogP contribution is -2.50. The summed E-state index contributed by atoms with van der Waals surface area (Å²) in [4.78, 5) is 47.4. The second-order valence-electron chi connectivity index (χ2n) is 6.33. The third-order valence-corrected chi connectivity index (χ3v) is 4.41. The third-order valence-electron chi connectivity index (χ3n) is 4.41. The van der Waals surface area contributed by atoms with E-state index in [-0.39, 0.29) is 29.2 Å². The largest absolute Gasteiger partial charge is 0.339 e. The van der Waals surface area contributed by atoms with Gasteiger partial charge in [-0.15, -0.1) is 0 Å². The Hall–Kier alpha value is -3.29. The van der Waals surface area contributed by atoms with E-state index in [4.69, 9.17) is 0 Å². The molecular weight excluding hydrogens is 346 g/mol. The molecule has 1 aliphatic heterocycles. The van der Waals surface area contributed by atoms with Gasteiger partial charge in [-0.1, -0.05) is 12.1 Å². The Labute approximate surface area is 157 Å². The number of ketones is 1. The molecule has 0 atom stereocenters. The molecular formula is C19H21N5O3. The second-order valence-corrected chi connectivity index (χ2v) is 6.33. The van der Waals surface area contributed by atoms with Crippen LogP contribution in [0.15, 0.2) is 36.5 Å². The van der Waals surface area contributed by atoms with Gasteiger partial charge in [0.1, 0.15) is 5.69 Å². The lowest BCUT2D eigenvalue weighted by Gasteiger charge is -2.34. The maximum Gasteiger partial charge on any atom is 0.272 e. The van der Waals surface area contributed by atoms with Crippen LogP contribution in [0.2, 0.25) is 0 Å². The quantitative estimate of drug-likeness (QED) is 0.827. The van der Waals surface area contributed by atoms with Crippen LogP contribution in [-0.2, 0) is 4.79 Å². The Morgan fingerprint density at radius 2 is 1.70 bits per heavy atom. The standard InChI is InChI=1S/C19H21N5O3/c1-13(25)15-4-3-5-16(12-15)21-19-20-7-6-17(22-19)18(27)24-10-8-23(9-11-24)14(2)26/h3-7,12H,8-11H2,1-2H3,(H,20,21,22). The van der Waals surface area contributed by atoms with Gasteiger partial charge in [-0.2, -0.15) is 0 Å². The molecule has 0 radical (unpaired) electrons. The molecule has 0 spiro atoms. The number of Topliss-reactive ketones (excluding diaryl/α,β-unsaturated/α-hetero) is 1. The highest BCUT2D eigenvalue weighted by Crippen LogP contribution is 2.16. The highest BCUT2D eigenvalue weighted by molar-refractivity contribution is 5.95. The monoisotopic (exact) mass is 367 g/mol. The molecule has 27 heavy (non-hydrogen) atoms. The van der Waals surface area contributed by atoms with Gasteiger partial charge in [-0.25, -0.2) is 9.97 Å². The van der Waals surface area contributed by atoms with Gasteiger partial charge < -0.3 is 15.1 Å². The number of anilines is 2. The molecule has 0 bridgehead atoms. The molecule has 1 aromatic heterocycles. The summed E-state index contributed by atoms with van der Waals surface area (Å²) < 4.78 is 0. The average Bonchev–Trinajstić information content (AvgIpc) is 2.68. The average molecular weight is 367 g/mol. The maximum absolute atomic E-state index is 12.7. The molecule has 8 nitrogen and oxygen atoms in total. The second kappa shape index (κ2) is 7.94. The van der Waals surface area contributed by atoms with E-state index in [1.54, 1.807) is 40.1 Å². The number of rotatable bonds is 4.